The van der Waals surface area contributed by atoms with E-state index in [1.54, 1.807) is 43.5 Å². The lowest BCUT2D eigenvalue weighted by Gasteiger charge is -2.19. The first-order chi connectivity index (χ1) is 17.2. The number of amides is 3. The number of ether oxygens (including phenoxy) is 2. The van der Waals surface area contributed by atoms with Crippen molar-refractivity contribution >= 4 is 17.6 Å². The van der Waals surface area contributed by atoms with Crippen LogP contribution in [0, 0.1) is 0 Å². The average Bonchev–Trinajstić information content (AvgIpc) is 2.87. The molecule has 0 unspecified atom stereocenters. The number of methoxy groups -OCH3 is 2. The smallest absolute Gasteiger partial charge is 0.416 e. The third-order valence-electron chi connectivity index (χ3n) is 5.30. The van der Waals surface area contributed by atoms with Gasteiger partial charge in [-0.3, -0.25) is 4.79 Å². The van der Waals surface area contributed by atoms with Gasteiger partial charge in [-0.1, -0.05) is 36.4 Å². The molecule has 0 bridgehead atoms. The molecule has 1 atom stereocenters. The third kappa shape index (κ3) is 7.14. The Morgan fingerprint density at radius 3 is 2.17 bits per heavy atom. The Labute approximate surface area is 206 Å². The molecule has 0 fully saturated rings. The lowest BCUT2D eigenvalue weighted by molar-refractivity contribution is -0.137. The molecule has 10 heteroatoms. The number of carbonyl (C=O) groups is 2. The van der Waals surface area contributed by atoms with Gasteiger partial charge in [0.2, 0.25) is 5.91 Å². The predicted molar refractivity (Wildman–Crippen MR) is 129 cm³/mol. The van der Waals surface area contributed by atoms with E-state index in [0.29, 0.717) is 30.0 Å². The van der Waals surface area contributed by atoms with Crippen LogP contribution in [0.2, 0.25) is 0 Å². The monoisotopic (exact) mass is 501 g/mol. The van der Waals surface area contributed by atoms with Crippen molar-refractivity contribution in [1.29, 1.82) is 0 Å². The van der Waals surface area contributed by atoms with Gasteiger partial charge in [-0.25, -0.2) is 4.79 Å². The number of urea groups is 1. The van der Waals surface area contributed by atoms with Crippen LogP contribution in [0.15, 0.2) is 72.8 Å². The Morgan fingerprint density at radius 1 is 0.889 bits per heavy atom. The molecule has 0 aromatic heterocycles. The quantitative estimate of drug-likeness (QED) is 0.387. The van der Waals surface area contributed by atoms with E-state index >= 15 is 0 Å². The number of hydrogen-bond acceptors (Lipinski definition) is 4. The minimum absolute atomic E-state index is 0.154. The fourth-order valence-corrected chi connectivity index (χ4v) is 3.45. The normalized spacial score (nSPS) is 11.8. The van der Waals surface area contributed by atoms with E-state index in [9.17, 15) is 22.8 Å². The molecule has 0 aliphatic carbocycles. The second-order valence-electron chi connectivity index (χ2n) is 7.75. The molecule has 0 saturated carbocycles. The molecular weight excluding hydrogens is 475 g/mol. The molecule has 0 spiro atoms. The molecule has 0 heterocycles. The number of hydrogen-bond donors (Lipinski definition) is 3. The van der Waals surface area contributed by atoms with Crippen LogP contribution >= 0.6 is 0 Å². The summed E-state index contributed by atoms with van der Waals surface area (Å²) < 4.78 is 48.8. The maximum absolute atomic E-state index is 13.0. The van der Waals surface area contributed by atoms with Crippen LogP contribution in [0.4, 0.5) is 23.7 Å². The maximum atomic E-state index is 13.0. The Morgan fingerprint density at radius 2 is 1.56 bits per heavy atom. The minimum atomic E-state index is -4.48. The van der Waals surface area contributed by atoms with Crippen molar-refractivity contribution < 1.29 is 32.2 Å². The fourth-order valence-electron chi connectivity index (χ4n) is 3.45. The third-order valence-corrected chi connectivity index (χ3v) is 5.30. The highest BCUT2D eigenvalue weighted by Crippen LogP contribution is 2.30. The first kappa shape index (κ1) is 26.4. The van der Waals surface area contributed by atoms with Gasteiger partial charge in [0.05, 0.1) is 19.8 Å². The largest absolute Gasteiger partial charge is 0.493 e. The first-order valence-corrected chi connectivity index (χ1v) is 11.0. The van der Waals surface area contributed by atoms with Crippen LogP contribution in [-0.4, -0.2) is 32.7 Å². The van der Waals surface area contributed by atoms with Gasteiger partial charge in [-0.05, 0) is 53.9 Å². The summed E-state index contributed by atoms with van der Waals surface area (Å²) in [5, 5.41) is 7.86. The van der Waals surface area contributed by atoms with Crippen LogP contribution < -0.4 is 25.4 Å². The molecule has 0 aliphatic heterocycles. The van der Waals surface area contributed by atoms with E-state index < -0.39 is 29.7 Å². The van der Waals surface area contributed by atoms with Gasteiger partial charge >= 0.3 is 12.2 Å². The molecule has 3 amide bonds. The zero-order valence-corrected chi connectivity index (χ0v) is 19.7. The standard InChI is InChI=1S/C26H26F3N3O4/c1-35-21-13-8-17(16-22(21)36-2)14-15-30-24(33)23(18-6-4-3-5-7-18)32-25(34)31-20-11-9-19(10-12-20)26(27,28)29/h3-13,16,23H,14-15H2,1-2H3,(H,30,33)(H2,31,32,34)/t23-/m1/s1. The molecule has 3 rings (SSSR count). The Hall–Kier alpha value is -4.21. The summed E-state index contributed by atoms with van der Waals surface area (Å²) in [4.78, 5) is 25.5. The van der Waals surface area contributed by atoms with Crippen molar-refractivity contribution in [3.63, 3.8) is 0 Å². The zero-order chi connectivity index (χ0) is 26.1. The van der Waals surface area contributed by atoms with Gasteiger partial charge in [-0.15, -0.1) is 0 Å². The number of carbonyl (C=O) groups excluding carboxylic acids is 2. The topological polar surface area (TPSA) is 88.7 Å². The van der Waals surface area contributed by atoms with Crippen LogP contribution in [-0.2, 0) is 17.4 Å². The van der Waals surface area contributed by atoms with Crippen LogP contribution in [0.25, 0.3) is 0 Å². The minimum Gasteiger partial charge on any atom is -0.493 e. The molecule has 3 aromatic rings. The number of nitrogens with one attached hydrogen (secondary N) is 3. The summed E-state index contributed by atoms with van der Waals surface area (Å²) in [6.45, 7) is 0.292. The molecular formula is C26H26F3N3O4. The maximum Gasteiger partial charge on any atom is 0.416 e. The van der Waals surface area contributed by atoms with Gasteiger partial charge in [0, 0.05) is 12.2 Å². The number of benzene rings is 3. The SMILES string of the molecule is COc1ccc(CCNC(=O)[C@H](NC(=O)Nc2ccc(C(F)(F)F)cc2)c2ccccc2)cc1OC. The van der Waals surface area contributed by atoms with Crippen molar-refractivity contribution in [2.24, 2.45) is 0 Å². The van der Waals surface area contributed by atoms with Gasteiger partial charge in [0.1, 0.15) is 6.04 Å². The fraction of sp³-hybridized carbons (Fsp3) is 0.231. The number of rotatable bonds is 9. The molecule has 7 nitrogen and oxygen atoms in total. The second kappa shape index (κ2) is 12.0. The Bertz CT molecular complexity index is 1170. The van der Waals surface area contributed by atoms with Gasteiger partial charge in [-0.2, -0.15) is 13.2 Å². The first-order valence-electron chi connectivity index (χ1n) is 11.0. The van der Waals surface area contributed by atoms with Crippen molar-refractivity contribution in [1.82, 2.24) is 10.6 Å². The summed E-state index contributed by atoms with van der Waals surface area (Å²) >= 11 is 0. The molecule has 0 aliphatic rings. The number of alkyl halides is 3. The van der Waals surface area contributed by atoms with E-state index in [-0.39, 0.29) is 5.69 Å². The summed E-state index contributed by atoms with van der Waals surface area (Å²) in [5.74, 6) is 0.729. The highest BCUT2D eigenvalue weighted by atomic mass is 19.4. The van der Waals surface area contributed by atoms with E-state index in [4.69, 9.17) is 9.47 Å². The molecule has 3 N–H and O–H groups in total. The molecule has 0 radical (unpaired) electrons. The summed E-state index contributed by atoms with van der Waals surface area (Å²) in [5.41, 5.74) is 0.784. The lowest BCUT2D eigenvalue weighted by atomic mass is 10.1. The van der Waals surface area contributed by atoms with E-state index in [2.05, 4.69) is 16.0 Å². The lowest BCUT2D eigenvalue weighted by Crippen LogP contribution is -2.42. The average molecular weight is 502 g/mol. The van der Waals surface area contributed by atoms with Gasteiger partial charge in [0.15, 0.2) is 11.5 Å². The van der Waals surface area contributed by atoms with E-state index in [1.807, 2.05) is 12.1 Å². The second-order valence-corrected chi connectivity index (χ2v) is 7.75. The van der Waals surface area contributed by atoms with E-state index in [0.717, 1.165) is 29.8 Å². The van der Waals surface area contributed by atoms with Crippen molar-refractivity contribution in [3.05, 3.63) is 89.5 Å². The molecule has 3 aromatic carbocycles. The van der Waals surface area contributed by atoms with Crippen molar-refractivity contribution in [2.45, 2.75) is 18.6 Å². The van der Waals surface area contributed by atoms with Crippen LogP contribution in [0.1, 0.15) is 22.7 Å². The molecule has 36 heavy (non-hydrogen) atoms. The van der Waals surface area contributed by atoms with Crippen molar-refractivity contribution in [2.75, 3.05) is 26.1 Å². The van der Waals surface area contributed by atoms with Crippen molar-refractivity contribution in [3.8, 4) is 11.5 Å². The van der Waals surface area contributed by atoms with Gasteiger partial charge in [0.25, 0.3) is 0 Å². The van der Waals surface area contributed by atoms with E-state index in [1.165, 1.54) is 7.11 Å². The Kier molecular flexibility index (Phi) is 8.77. The molecule has 0 saturated heterocycles. The van der Waals surface area contributed by atoms with Gasteiger partial charge < -0.3 is 25.4 Å². The van der Waals surface area contributed by atoms with Crippen LogP contribution in [0.5, 0.6) is 11.5 Å². The highest BCUT2D eigenvalue weighted by molar-refractivity contribution is 5.94. The summed E-state index contributed by atoms with van der Waals surface area (Å²) in [6.07, 6.45) is -3.97. The predicted octanol–water partition coefficient (Wildman–Crippen LogP) is 4.94. The van der Waals surface area contributed by atoms with Crippen LogP contribution in [0.3, 0.4) is 0 Å². The number of halogens is 3. The Balaban J connectivity index is 1.64. The molecule has 190 valence electrons. The summed E-state index contributed by atoms with van der Waals surface area (Å²) in [7, 11) is 3.08. The summed E-state index contributed by atoms with van der Waals surface area (Å²) in [6, 6.07) is 16.3. The number of anilines is 1. The highest BCUT2D eigenvalue weighted by Gasteiger charge is 2.30. The zero-order valence-electron chi connectivity index (χ0n) is 19.7.